The molecule has 1 aromatic rings. The van der Waals surface area contributed by atoms with Crippen LogP contribution in [-0.4, -0.2) is 38.0 Å². The largest absolute Gasteiger partial charge is 0.359 e. The number of benzene rings is 1. The van der Waals surface area contributed by atoms with Crippen LogP contribution in [0, 0.1) is 0 Å². The molecule has 1 aromatic carbocycles. The lowest BCUT2D eigenvalue weighted by molar-refractivity contribution is 0.266. The van der Waals surface area contributed by atoms with Gasteiger partial charge in [0, 0.05) is 27.3 Å². The highest BCUT2D eigenvalue weighted by molar-refractivity contribution is 7.54. The highest BCUT2D eigenvalue weighted by atomic mass is 31.2. The van der Waals surface area contributed by atoms with Crippen LogP contribution in [0.1, 0.15) is 36.2 Å². The first-order valence-electron chi connectivity index (χ1n) is 7.99. The number of hydrogen-bond donors (Lipinski definition) is 0. The van der Waals surface area contributed by atoms with Gasteiger partial charge < -0.3 is 13.9 Å². The van der Waals surface area contributed by atoms with Crippen molar-refractivity contribution in [1.29, 1.82) is 0 Å². The lowest BCUT2D eigenvalue weighted by atomic mass is 10.1. The molecule has 1 saturated heterocycles. The Morgan fingerprint density at radius 3 is 2.48 bits per heavy atom. The van der Waals surface area contributed by atoms with Gasteiger partial charge in [-0.1, -0.05) is 30.3 Å². The molecule has 3 rings (SSSR count). The van der Waals surface area contributed by atoms with Gasteiger partial charge in [0.25, 0.3) is 0 Å². The Labute approximate surface area is 137 Å². The van der Waals surface area contributed by atoms with E-state index in [1.807, 2.05) is 36.4 Å². The van der Waals surface area contributed by atoms with Gasteiger partial charge >= 0.3 is 7.60 Å². The third-order valence-electron chi connectivity index (χ3n) is 4.43. The fraction of sp³-hybridized carbons (Fsp3) is 0.471. The molecule has 2 aliphatic heterocycles. The van der Waals surface area contributed by atoms with Crippen LogP contribution in [0.15, 0.2) is 35.3 Å². The second kappa shape index (κ2) is 7.00. The standard InChI is InChI=1S/C17H23N2O3P/c1-21-23(20,22-2)17-15-9-5-4-8-14(15)10-11-16(18-17)19-12-6-3-7-13-19/h4-5,8-11,17H,3,6-7,12-13H2,1-2H3. The number of likely N-dealkylation sites (tertiary alicyclic amines) is 1. The molecule has 0 N–H and O–H groups in total. The minimum absolute atomic E-state index is 0.638. The number of aliphatic imine (C=N–C) groups is 1. The summed E-state index contributed by atoms with van der Waals surface area (Å²) >= 11 is 0. The first-order chi connectivity index (χ1) is 11.2. The maximum absolute atomic E-state index is 13.1. The van der Waals surface area contributed by atoms with Crippen molar-refractivity contribution in [2.45, 2.75) is 25.0 Å². The molecule has 2 aliphatic rings. The smallest absolute Gasteiger partial charge is 0.357 e. The van der Waals surface area contributed by atoms with Crippen molar-refractivity contribution in [1.82, 2.24) is 4.90 Å². The number of hydrogen-bond acceptors (Lipinski definition) is 5. The lowest BCUT2D eigenvalue weighted by Gasteiger charge is -2.30. The molecule has 1 atom stereocenters. The van der Waals surface area contributed by atoms with E-state index in [2.05, 4.69) is 4.90 Å². The second-order valence-electron chi connectivity index (χ2n) is 5.78. The Balaban J connectivity index is 2.06. The number of fused-ring (bicyclic) bond motifs is 1. The average Bonchev–Trinajstić information content (AvgIpc) is 2.82. The summed E-state index contributed by atoms with van der Waals surface area (Å²) in [6.45, 7) is 1.97. The van der Waals surface area contributed by atoms with Crippen molar-refractivity contribution in [3.63, 3.8) is 0 Å². The summed E-state index contributed by atoms with van der Waals surface area (Å²) in [6, 6.07) is 7.84. The topological polar surface area (TPSA) is 51.1 Å². The van der Waals surface area contributed by atoms with E-state index in [1.54, 1.807) is 0 Å². The first-order valence-corrected chi connectivity index (χ1v) is 9.60. The van der Waals surface area contributed by atoms with Gasteiger partial charge in [0.05, 0.1) is 0 Å². The molecule has 1 unspecified atom stereocenters. The summed E-state index contributed by atoms with van der Waals surface area (Å²) < 4.78 is 23.6. The molecule has 2 heterocycles. The van der Waals surface area contributed by atoms with Crippen molar-refractivity contribution < 1.29 is 13.6 Å². The van der Waals surface area contributed by atoms with Crippen LogP contribution in [0.3, 0.4) is 0 Å². The van der Waals surface area contributed by atoms with E-state index < -0.39 is 13.4 Å². The number of nitrogens with zero attached hydrogens (tertiary/aromatic N) is 2. The molecule has 5 nitrogen and oxygen atoms in total. The Hall–Kier alpha value is -1.42. The van der Waals surface area contributed by atoms with Gasteiger partial charge in [-0.2, -0.15) is 0 Å². The lowest BCUT2D eigenvalue weighted by Crippen LogP contribution is -2.34. The predicted molar refractivity (Wildman–Crippen MR) is 92.7 cm³/mol. The van der Waals surface area contributed by atoms with Crippen LogP contribution in [0.4, 0.5) is 0 Å². The zero-order chi connectivity index (χ0) is 16.3. The van der Waals surface area contributed by atoms with Crippen molar-refractivity contribution in [3.8, 4) is 0 Å². The minimum atomic E-state index is -3.36. The molecule has 6 heteroatoms. The highest BCUT2D eigenvalue weighted by Gasteiger charge is 2.38. The van der Waals surface area contributed by atoms with E-state index in [0.717, 1.165) is 42.9 Å². The molecule has 0 saturated carbocycles. The van der Waals surface area contributed by atoms with Crippen molar-refractivity contribution in [2.24, 2.45) is 4.99 Å². The van der Waals surface area contributed by atoms with Crippen LogP contribution in [0.2, 0.25) is 0 Å². The van der Waals surface area contributed by atoms with Gasteiger partial charge in [-0.25, -0.2) is 4.99 Å². The van der Waals surface area contributed by atoms with Gasteiger partial charge in [0.2, 0.25) is 0 Å². The fourth-order valence-electron chi connectivity index (χ4n) is 3.13. The Bertz CT molecular complexity index is 658. The van der Waals surface area contributed by atoms with Gasteiger partial charge in [-0.15, -0.1) is 0 Å². The molecular weight excluding hydrogens is 311 g/mol. The predicted octanol–water partition coefficient (Wildman–Crippen LogP) is 4.08. The van der Waals surface area contributed by atoms with Crippen molar-refractivity contribution in [3.05, 3.63) is 41.5 Å². The summed E-state index contributed by atoms with van der Waals surface area (Å²) in [5.41, 5.74) is 1.88. The Morgan fingerprint density at radius 1 is 1.09 bits per heavy atom. The Kier molecular flexibility index (Phi) is 5.00. The fourth-order valence-corrected chi connectivity index (χ4v) is 4.51. The van der Waals surface area contributed by atoms with E-state index >= 15 is 0 Å². The van der Waals surface area contributed by atoms with E-state index in [1.165, 1.54) is 20.6 Å². The molecule has 23 heavy (non-hydrogen) atoms. The van der Waals surface area contributed by atoms with Crippen molar-refractivity contribution >= 4 is 19.5 Å². The monoisotopic (exact) mass is 334 g/mol. The second-order valence-corrected chi connectivity index (χ2v) is 8.08. The molecule has 0 radical (unpaired) electrons. The summed E-state index contributed by atoms with van der Waals surface area (Å²) in [6.07, 6.45) is 7.64. The zero-order valence-electron chi connectivity index (χ0n) is 13.6. The summed E-state index contributed by atoms with van der Waals surface area (Å²) in [5, 5.41) is 0. The number of rotatable bonds is 3. The SMILES string of the molecule is COP(=O)(OC)C1N=C(N2CCCCC2)C=Cc2ccccc21. The number of piperidine rings is 1. The summed E-state index contributed by atoms with van der Waals surface area (Å²) in [7, 11) is -0.523. The van der Waals surface area contributed by atoms with E-state index in [4.69, 9.17) is 14.0 Å². The average molecular weight is 334 g/mol. The maximum atomic E-state index is 13.1. The van der Waals surface area contributed by atoms with Crippen molar-refractivity contribution in [2.75, 3.05) is 27.3 Å². The third kappa shape index (κ3) is 3.27. The van der Waals surface area contributed by atoms with Crippen LogP contribution in [-0.2, 0) is 13.6 Å². The molecule has 0 aliphatic carbocycles. The minimum Gasteiger partial charge on any atom is -0.357 e. The zero-order valence-corrected chi connectivity index (χ0v) is 14.5. The number of amidine groups is 1. The Morgan fingerprint density at radius 2 is 1.78 bits per heavy atom. The molecule has 0 bridgehead atoms. The highest BCUT2D eigenvalue weighted by Crippen LogP contribution is 2.61. The normalized spacial score (nSPS) is 21.6. The molecule has 124 valence electrons. The third-order valence-corrected chi connectivity index (χ3v) is 6.44. The molecule has 1 fully saturated rings. The van der Waals surface area contributed by atoms with Gasteiger partial charge in [0.1, 0.15) is 5.84 Å². The maximum Gasteiger partial charge on any atom is 0.359 e. The van der Waals surface area contributed by atoms with Gasteiger partial charge in [0.15, 0.2) is 5.78 Å². The first kappa shape index (κ1) is 16.4. The molecule has 0 aromatic heterocycles. The molecular formula is C17H23N2O3P. The van der Waals surface area contributed by atoms with E-state index in [9.17, 15) is 4.57 Å². The molecule has 0 spiro atoms. The van der Waals surface area contributed by atoms with Gasteiger partial charge in [-0.3, -0.25) is 4.57 Å². The summed E-state index contributed by atoms with van der Waals surface area (Å²) in [5.74, 6) is 0.223. The quantitative estimate of drug-likeness (QED) is 0.782. The molecule has 0 amide bonds. The summed E-state index contributed by atoms with van der Waals surface area (Å²) in [4.78, 5) is 7.06. The van der Waals surface area contributed by atoms with Gasteiger partial charge in [-0.05, 0) is 36.5 Å². The van der Waals surface area contributed by atoms with Crippen LogP contribution in [0.5, 0.6) is 0 Å². The van der Waals surface area contributed by atoms with E-state index in [0.29, 0.717) is 0 Å². The van der Waals surface area contributed by atoms with Crippen LogP contribution >= 0.6 is 7.60 Å². The van der Waals surface area contributed by atoms with Crippen LogP contribution in [0.25, 0.3) is 6.08 Å². The van der Waals surface area contributed by atoms with E-state index in [-0.39, 0.29) is 0 Å². The van der Waals surface area contributed by atoms with Crippen LogP contribution < -0.4 is 0 Å².